The molecule has 126 valence electrons. The van der Waals surface area contributed by atoms with Gasteiger partial charge in [-0.3, -0.25) is 14.6 Å². The van der Waals surface area contributed by atoms with E-state index in [-0.39, 0.29) is 43.2 Å². The van der Waals surface area contributed by atoms with Crippen molar-refractivity contribution in [3.05, 3.63) is 30.1 Å². The zero-order chi connectivity index (χ0) is 14.8. The molecule has 1 aromatic rings. The van der Waals surface area contributed by atoms with E-state index < -0.39 is 0 Å². The van der Waals surface area contributed by atoms with Crippen LogP contribution in [-0.4, -0.2) is 55.4 Å². The summed E-state index contributed by atoms with van der Waals surface area (Å²) in [6, 6.07) is 5.71. The number of carbonyl (C=O) groups is 2. The number of likely N-dealkylation sites (N-methyl/N-ethyl adjacent to an activating group) is 1. The summed E-state index contributed by atoms with van der Waals surface area (Å²) in [6.45, 7) is 1.24. The van der Waals surface area contributed by atoms with Crippen molar-refractivity contribution in [2.45, 2.75) is 12.8 Å². The molecule has 0 spiro atoms. The Balaban J connectivity index is 0. The summed E-state index contributed by atoms with van der Waals surface area (Å²) in [5, 5.41) is 5.49. The van der Waals surface area contributed by atoms with Gasteiger partial charge >= 0.3 is 0 Å². The number of halogens is 2. The predicted octanol–water partition coefficient (Wildman–Crippen LogP) is 0.652. The number of carbonyl (C=O) groups excluding carboxylic acids is 2. The number of hydrogen-bond acceptors (Lipinski definition) is 4. The fraction of sp³-hybridized carbons (Fsp3) is 0.500. The van der Waals surface area contributed by atoms with Gasteiger partial charge in [-0.2, -0.15) is 0 Å². The van der Waals surface area contributed by atoms with Gasteiger partial charge in [0.2, 0.25) is 11.8 Å². The molecule has 0 unspecified atom stereocenters. The third-order valence-corrected chi connectivity index (χ3v) is 2.89. The van der Waals surface area contributed by atoms with Crippen LogP contribution in [0.4, 0.5) is 0 Å². The Hall–Kier alpha value is -1.37. The quantitative estimate of drug-likeness (QED) is 0.721. The van der Waals surface area contributed by atoms with Crippen molar-refractivity contribution in [3.8, 4) is 0 Å². The van der Waals surface area contributed by atoms with Crippen molar-refractivity contribution in [2.75, 3.05) is 33.7 Å². The van der Waals surface area contributed by atoms with E-state index in [1.165, 1.54) is 0 Å². The number of aromatic nitrogens is 1. The first-order chi connectivity index (χ1) is 9.63. The van der Waals surface area contributed by atoms with Crippen molar-refractivity contribution in [3.63, 3.8) is 0 Å². The lowest BCUT2D eigenvalue weighted by molar-refractivity contribution is -0.131. The standard InChI is InChI=1S/C14H22N4O2.2ClH/c1-15-9-6-13(19)17-11-14(20)18(2)10-7-12-5-3-4-8-16-12;;/h3-5,8,15H,6-7,9-11H2,1-2H3,(H,17,19);2*1H. The van der Waals surface area contributed by atoms with Crippen LogP contribution in [0.1, 0.15) is 12.1 Å². The maximum atomic E-state index is 11.8. The summed E-state index contributed by atoms with van der Waals surface area (Å²) in [4.78, 5) is 29.0. The first kappa shape index (κ1) is 22.9. The maximum Gasteiger partial charge on any atom is 0.241 e. The van der Waals surface area contributed by atoms with Gasteiger partial charge in [-0.05, 0) is 19.2 Å². The second kappa shape index (κ2) is 13.3. The highest BCUT2D eigenvalue weighted by atomic mass is 35.5. The van der Waals surface area contributed by atoms with E-state index in [4.69, 9.17) is 0 Å². The molecule has 0 saturated heterocycles. The van der Waals surface area contributed by atoms with Crippen molar-refractivity contribution in [1.82, 2.24) is 20.5 Å². The van der Waals surface area contributed by atoms with Gasteiger partial charge in [0, 0.05) is 44.9 Å². The SMILES string of the molecule is CNCCC(=O)NCC(=O)N(C)CCc1ccccn1.Cl.Cl. The third-order valence-electron chi connectivity index (χ3n) is 2.89. The number of pyridine rings is 1. The first-order valence-electron chi connectivity index (χ1n) is 6.68. The van der Waals surface area contributed by atoms with Crippen LogP contribution >= 0.6 is 24.8 Å². The van der Waals surface area contributed by atoms with Crippen LogP contribution in [0.2, 0.25) is 0 Å². The zero-order valence-electron chi connectivity index (χ0n) is 12.9. The molecule has 1 rings (SSSR count). The molecule has 0 saturated carbocycles. The fourth-order valence-electron chi connectivity index (χ4n) is 1.59. The van der Waals surface area contributed by atoms with Crippen LogP contribution in [0.3, 0.4) is 0 Å². The molecular formula is C14H24Cl2N4O2. The molecule has 22 heavy (non-hydrogen) atoms. The summed E-state index contributed by atoms with van der Waals surface area (Å²) in [5.41, 5.74) is 0.949. The Morgan fingerprint density at radius 1 is 1.27 bits per heavy atom. The first-order valence-corrected chi connectivity index (χ1v) is 6.68. The molecule has 0 aliphatic carbocycles. The highest BCUT2D eigenvalue weighted by molar-refractivity contribution is 5.86. The fourth-order valence-corrected chi connectivity index (χ4v) is 1.59. The predicted molar refractivity (Wildman–Crippen MR) is 91.6 cm³/mol. The van der Waals surface area contributed by atoms with Gasteiger partial charge in [-0.25, -0.2) is 0 Å². The number of nitrogens with one attached hydrogen (secondary N) is 2. The maximum absolute atomic E-state index is 11.8. The minimum atomic E-state index is -0.120. The molecule has 1 heterocycles. The van der Waals surface area contributed by atoms with Gasteiger partial charge < -0.3 is 15.5 Å². The minimum absolute atomic E-state index is 0. The van der Waals surface area contributed by atoms with E-state index in [1.54, 1.807) is 25.2 Å². The Bertz CT molecular complexity index is 432. The van der Waals surface area contributed by atoms with Gasteiger partial charge in [0.05, 0.1) is 6.54 Å². The minimum Gasteiger partial charge on any atom is -0.347 e. The van der Waals surface area contributed by atoms with E-state index in [2.05, 4.69) is 15.6 Å². The summed E-state index contributed by atoms with van der Waals surface area (Å²) >= 11 is 0. The van der Waals surface area contributed by atoms with Crippen LogP contribution in [0.15, 0.2) is 24.4 Å². The highest BCUT2D eigenvalue weighted by Gasteiger charge is 2.10. The molecule has 8 heteroatoms. The van der Waals surface area contributed by atoms with E-state index in [1.807, 2.05) is 18.2 Å². The number of rotatable bonds is 8. The Labute approximate surface area is 143 Å². The molecule has 0 atom stereocenters. The van der Waals surface area contributed by atoms with E-state index in [9.17, 15) is 9.59 Å². The summed E-state index contributed by atoms with van der Waals surface area (Å²) < 4.78 is 0. The second-order valence-electron chi connectivity index (χ2n) is 4.52. The van der Waals surface area contributed by atoms with Crippen LogP contribution < -0.4 is 10.6 Å². The number of hydrogen-bond donors (Lipinski definition) is 2. The van der Waals surface area contributed by atoms with Gasteiger partial charge in [-0.1, -0.05) is 6.07 Å². The molecule has 2 amide bonds. The third kappa shape index (κ3) is 9.55. The molecule has 0 bridgehead atoms. The van der Waals surface area contributed by atoms with Gasteiger partial charge in [-0.15, -0.1) is 24.8 Å². The van der Waals surface area contributed by atoms with Gasteiger partial charge in [0.15, 0.2) is 0 Å². The van der Waals surface area contributed by atoms with Crippen molar-refractivity contribution in [1.29, 1.82) is 0 Å². The van der Waals surface area contributed by atoms with Crippen molar-refractivity contribution >= 4 is 36.6 Å². The molecule has 0 aliphatic heterocycles. The molecule has 0 aromatic carbocycles. The van der Waals surface area contributed by atoms with E-state index in [0.717, 1.165) is 5.69 Å². The molecule has 0 radical (unpaired) electrons. The van der Waals surface area contributed by atoms with Crippen LogP contribution in [0, 0.1) is 0 Å². The Kier molecular flexibility index (Phi) is 13.9. The molecule has 0 fully saturated rings. The van der Waals surface area contributed by atoms with Gasteiger partial charge in [0.1, 0.15) is 0 Å². The number of amides is 2. The summed E-state index contributed by atoms with van der Waals surface area (Å²) in [7, 11) is 3.51. The zero-order valence-corrected chi connectivity index (χ0v) is 14.5. The normalized spacial score (nSPS) is 9.18. The second-order valence-corrected chi connectivity index (χ2v) is 4.52. The van der Waals surface area contributed by atoms with Crippen molar-refractivity contribution in [2.24, 2.45) is 0 Å². The highest BCUT2D eigenvalue weighted by Crippen LogP contribution is 1.96. The monoisotopic (exact) mass is 350 g/mol. The van der Waals surface area contributed by atoms with Gasteiger partial charge in [0.25, 0.3) is 0 Å². The molecule has 0 aliphatic rings. The average Bonchev–Trinajstić information content (AvgIpc) is 2.49. The summed E-state index contributed by atoms with van der Waals surface area (Å²) in [5.74, 6) is -0.218. The molecule has 1 aromatic heterocycles. The summed E-state index contributed by atoms with van der Waals surface area (Å²) in [6.07, 6.45) is 2.82. The lowest BCUT2D eigenvalue weighted by Gasteiger charge is -2.17. The van der Waals surface area contributed by atoms with Crippen molar-refractivity contribution < 1.29 is 9.59 Å². The lowest BCUT2D eigenvalue weighted by atomic mass is 10.2. The Morgan fingerprint density at radius 3 is 2.59 bits per heavy atom. The van der Waals surface area contributed by atoms with E-state index >= 15 is 0 Å². The lowest BCUT2D eigenvalue weighted by Crippen LogP contribution is -2.39. The average molecular weight is 351 g/mol. The Morgan fingerprint density at radius 2 is 2.00 bits per heavy atom. The topological polar surface area (TPSA) is 74.3 Å². The number of nitrogens with zero attached hydrogens (tertiary/aromatic N) is 2. The van der Waals surface area contributed by atoms with Crippen LogP contribution in [-0.2, 0) is 16.0 Å². The van der Waals surface area contributed by atoms with Crippen LogP contribution in [0.25, 0.3) is 0 Å². The smallest absolute Gasteiger partial charge is 0.241 e. The van der Waals surface area contributed by atoms with Crippen LogP contribution in [0.5, 0.6) is 0 Å². The van der Waals surface area contributed by atoms with E-state index in [0.29, 0.717) is 25.9 Å². The molecular weight excluding hydrogens is 327 g/mol. The molecule has 2 N–H and O–H groups in total. The largest absolute Gasteiger partial charge is 0.347 e. The molecule has 6 nitrogen and oxygen atoms in total.